The number of pyridine rings is 1. The van der Waals surface area contributed by atoms with Gasteiger partial charge in [-0.05, 0) is 33.0 Å². The number of piperidine rings is 1. The molecule has 0 unspecified atom stereocenters. The van der Waals surface area contributed by atoms with Crippen molar-refractivity contribution < 1.29 is 0 Å². The van der Waals surface area contributed by atoms with Gasteiger partial charge in [-0.2, -0.15) is 5.26 Å². The second kappa shape index (κ2) is 10.0. The molecule has 3 heterocycles. The predicted molar refractivity (Wildman–Crippen MR) is 110 cm³/mol. The number of nitriles is 1. The lowest BCUT2D eigenvalue weighted by atomic mass is 10.0. The highest BCUT2D eigenvalue weighted by molar-refractivity contribution is 6.33. The summed E-state index contributed by atoms with van der Waals surface area (Å²) in [4.78, 5) is 17.0. The topological polar surface area (TPSA) is 81.0 Å². The third-order valence-corrected chi connectivity index (χ3v) is 4.76. The average Bonchev–Trinajstić information content (AvgIpc) is 2.71. The fraction of sp³-hybridized carbons (Fsp3) is 0.474. The molecule has 2 aromatic rings. The van der Waals surface area contributed by atoms with Crippen LogP contribution in [0.1, 0.15) is 32.4 Å². The zero-order valence-corrected chi connectivity index (χ0v) is 17.0. The Morgan fingerprint density at radius 2 is 1.81 bits per heavy atom. The molecule has 0 aliphatic carbocycles. The van der Waals surface area contributed by atoms with E-state index < -0.39 is 0 Å². The van der Waals surface area contributed by atoms with Crippen LogP contribution in [0.3, 0.4) is 0 Å². The number of aromatic nitrogens is 3. The number of nitrogens with one attached hydrogen (secondary N) is 1. The fourth-order valence-electron chi connectivity index (χ4n) is 2.93. The summed E-state index contributed by atoms with van der Waals surface area (Å²) in [6, 6.07) is 4.32. The molecule has 0 amide bonds. The van der Waals surface area contributed by atoms with Gasteiger partial charge in [-0.1, -0.05) is 25.4 Å². The Labute approximate surface area is 166 Å². The summed E-state index contributed by atoms with van der Waals surface area (Å²) < 4.78 is 0. The first kappa shape index (κ1) is 20.9. The van der Waals surface area contributed by atoms with Crippen molar-refractivity contribution in [3.63, 3.8) is 0 Å². The van der Waals surface area contributed by atoms with Crippen molar-refractivity contribution in [2.45, 2.75) is 32.7 Å². The Morgan fingerprint density at radius 1 is 1.15 bits per heavy atom. The molecule has 0 bridgehead atoms. The molecule has 0 saturated carbocycles. The summed E-state index contributed by atoms with van der Waals surface area (Å²) >= 11 is 6.38. The fourth-order valence-corrected chi connectivity index (χ4v) is 3.16. The Kier molecular flexibility index (Phi) is 7.77. The molecule has 1 N–H and O–H groups in total. The standard InChI is InChI=1S/C17H20ClN7.C2H6/c1-24-5-3-13(4-6-24)25(2)15-7-16(22-10-14(15)18)23-17-11-20-12(8-19)9-21-17;1-2/h7,9-11,13H,3-6H2,1-2H3,(H,21,22,23);1-2H3. The van der Waals surface area contributed by atoms with E-state index in [1.807, 2.05) is 26.0 Å². The van der Waals surface area contributed by atoms with Gasteiger partial charge in [0, 0.05) is 19.2 Å². The largest absolute Gasteiger partial charge is 0.370 e. The third-order valence-electron chi connectivity index (χ3n) is 4.47. The molecular weight excluding hydrogens is 362 g/mol. The lowest BCUT2D eigenvalue weighted by Gasteiger charge is -2.36. The zero-order valence-electron chi connectivity index (χ0n) is 16.3. The molecule has 1 aliphatic heterocycles. The molecular formula is C19H26ClN7. The lowest BCUT2D eigenvalue weighted by Crippen LogP contribution is -2.42. The van der Waals surface area contributed by atoms with Crippen LogP contribution in [0.15, 0.2) is 24.7 Å². The van der Waals surface area contributed by atoms with Gasteiger partial charge in [-0.3, -0.25) is 0 Å². The molecule has 7 nitrogen and oxygen atoms in total. The van der Waals surface area contributed by atoms with E-state index in [2.05, 4.69) is 44.2 Å². The Morgan fingerprint density at radius 3 is 2.41 bits per heavy atom. The van der Waals surface area contributed by atoms with E-state index in [4.69, 9.17) is 16.9 Å². The molecule has 27 heavy (non-hydrogen) atoms. The highest BCUT2D eigenvalue weighted by Crippen LogP contribution is 2.31. The van der Waals surface area contributed by atoms with Crippen LogP contribution in [-0.2, 0) is 0 Å². The van der Waals surface area contributed by atoms with Crippen molar-refractivity contribution in [1.29, 1.82) is 5.26 Å². The van der Waals surface area contributed by atoms with Gasteiger partial charge in [0.05, 0.1) is 29.3 Å². The summed E-state index contributed by atoms with van der Waals surface area (Å²) in [5.41, 5.74) is 1.22. The summed E-state index contributed by atoms with van der Waals surface area (Å²) in [5.74, 6) is 1.17. The van der Waals surface area contributed by atoms with Gasteiger partial charge < -0.3 is 15.1 Å². The highest BCUT2D eigenvalue weighted by Gasteiger charge is 2.22. The van der Waals surface area contributed by atoms with Crippen molar-refractivity contribution in [2.24, 2.45) is 0 Å². The van der Waals surface area contributed by atoms with Crippen LogP contribution >= 0.6 is 11.6 Å². The van der Waals surface area contributed by atoms with E-state index >= 15 is 0 Å². The first-order valence-electron chi connectivity index (χ1n) is 9.13. The second-order valence-electron chi connectivity index (χ2n) is 6.19. The number of rotatable bonds is 4. The molecule has 3 rings (SSSR count). The Hall–Kier alpha value is -2.43. The molecule has 0 spiro atoms. The van der Waals surface area contributed by atoms with Crippen molar-refractivity contribution in [1.82, 2.24) is 19.9 Å². The van der Waals surface area contributed by atoms with E-state index in [1.54, 1.807) is 6.20 Å². The average molecular weight is 388 g/mol. The quantitative estimate of drug-likeness (QED) is 0.856. The van der Waals surface area contributed by atoms with Crippen LogP contribution in [-0.4, -0.2) is 53.1 Å². The highest BCUT2D eigenvalue weighted by atomic mass is 35.5. The van der Waals surface area contributed by atoms with Gasteiger partial charge in [0.15, 0.2) is 5.69 Å². The third kappa shape index (κ3) is 5.52. The first-order chi connectivity index (χ1) is 13.1. The van der Waals surface area contributed by atoms with Gasteiger partial charge in [-0.25, -0.2) is 15.0 Å². The van der Waals surface area contributed by atoms with E-state index in [0.717, 1.165) is 31.6 Å². The van der Waals surface area contributed by atoms with E-state index in [0.29, 0.717) is 22.7 Å². The number of likely N-dealkylation sites (tertiary alicyclic amines) is 1. The van der Waals surface area contributed by atoms with Crippen LogP contribution < -0.4 is 10.2 Å². The smallest absolute Gasteiger partial charge is 0.158 e. The SMILES string of the molecule is CC.CN1CCC(N(C)c2cc(Nc3cnc(C#N)cn3)ncc2Cl)CC1. The molecule has 0 radical (unpaired) electrons. The van der Waals surface area contributed by atoms with Crippen molar-refractivity contribution in [3.05, 3.63) is 35.4 Å². The maximum absolute atomic E-state index is 8.78. The van der Waals surface area contributed by atoms with Crippen LogP contribution in [0.5, 0.6) is 0 Å². The maximum atomic E-state index is 8.78. The molecule has 0 aromatic carbocycles. The summed E-state index contributed by atoms with van der Waals surface area (Å²) in [6.07, 6.45) is 6.78. The molecule has 1 fully saturated rings. The summed E-state index contributed by atoms with van der Waals surface area (Å²) in [7, 11) is 4.22. The van der Waals surface area contributed by atoms with Gasteiger partial charge in [0.25, 0.3) is 0 Å². The monoisotopic (exact) mass is 387 g/mol. The summed E-state index contributed by atoms with van der Waals surface area (Å²) in [5, 5.41) is 12.5. The van der Waals surface area contributed by atoms with Crippen molar-refractivity contribution in [2.75, 3.05) is 37.4 Å². The first-order valence-corrected chi connectivity index (χ1v) is 9.50. The van der Waals surface area contributed by atoms with Crippen molar-refractivity contribution in [3.8, 4) is 6.07 Å². The van der Waals surface area contributed by atoms with E-state index in [9.17, 15) is 0 Å². The molecule has 2 aromatic heterocycles. The molecule has 1 aliphatic rings. The number of hydrogen-bond acceptors (Lipinski definition) is 7. The number of halogens is 1. The van der Waals surface area contributed by atoms with E-state index in [-0.39, 0.29) is 5.69 Å². The zero-order chi connectivity index (χ0) is 19.8. The second-order valence-corrected chi connectivity index (χ2v) is 6.60. The number of anilines is 3. The van der Waals surface area contributed by atoms with Crippen LogP contribution in [0, 0.1) is 11.3 Å². The van der Waals surface area contributed by atoms with Crippen LogP contribution in [0.25, 0.3) is 0 Å². The maximum Gasteiger partial charge on any atom is 0.158 e. The minimum atomic E-state index is 0.275. The Bertz CT molecular complexity index is 765. The molecule has 0 atom stereocenters. The molecule has 8 heteroatoms. The van der Waals surface area contributed by atoms with Gasteiger partial charge in [0.2, 0.25) is 0 Å². The predicted octanol–water partition coefficient (Wildman–Crippen LogP) is 3.70. The molecule has 144 valence electrons. The van der Waals surface area contributed by atoms with Gasteiger partial charge >= 0.3 is 0 Å². The van der Waals surface area contributed by atoms with Crippen LogP contribution in [0.4, 0.5) is 17.3 Å². The normalized spacial score (nSPS) is 14.7. The van der Waals surface area contributed by atoms with E-state index in [1.165, 1.54) is 12.4 Å². The number of nitrogens with zero attached hydrogens (tertiary/aromatic N) is 6. The van der Waals surface area contributed by atoms with Gasteiger partial charge in [0.1, 0.15) is 17.7 Å². The van der Waals surface area contributed by atoms with Crippen LogP contribution in [0.2, 0.25) is 5.02 Å². The van der Waals surface area contributed by atoms with Gasteiger partial charge in [-0.15, -0.1) is 0 Å². The molecule has 1 saturated heterocycles. The van der Waals surface area contributed by atoms with Crippen molar-refractivity contribution >= 4 is 28.9 Å². The summed E-state index contributed by atoms with van der Waals surface area (Å²) in [6.45, 7) is 6.17. The lowest BCUT2D eigenvalue weighted by molar-refractivity contribution is 0.253. The minimum Gasteiger partial charge on any atom is -0.370 e. The number of hydrogen-bond donors (Lipinski definition) is 1. The minimum absolute atomic E-state index is 0.275. The Balaban J connectivity index is 0.00000126.